The molecule has 1 aromatic rings. The summed E-state index contributed by atoms with van der Waals surface area (Å²) in [6.07, 6.45) is 3.97. The molecule has 0 radical (unpaired) electrons. The second kappa shape index (κ2) is 9.15. The molecule has 0 saturated heterocycles. The molecule has 0 aliphatic rings. The van der Waals surface area contributed by atoms with E-state index in [-0.39, 0.29) is 0 Å². The van der Waals surface area contributed by atoms with Crippen LogP contribution in [0.15, 0.2) is 12.3 Å². The Balaban J connectivity index is 1.90. The van der Waals surface area contributed by atoms with E-state index in [9.17, 15) is 0 Å². The number of rotatable bonds is 10. The van der Waals surface area contributed by atoms with Crippen LogP contribution >= 0.6 is 0 Å². The van der Waals surface area contributed by atoms with Gasteiger partial charge in [0, 0.05) is 26.0 Å². The van der Waals surface area contributed by atoms with Crippen LogP contribution in [-0.4, -0.2) is 43.7 Å². The Labute approximate surface area is 103 Å². The molecule has 17 heavy (non-hydrogen) atoms. The minimum Gasteiger partial charge on any atom is -0.382 e. The van der Waals surface area contributed by atoms with Crippen molar-refractivity contribution in [2.24, 2.45) is 0 Å². The molecule has 5 nitrogen and oxygen atoms in total. The summed E-state index contributed by atoms with van der Waals surface area (Å²) in [4.78, 5) is 0. The number of aromatic nitrogens is 2. The highest BCUT2D eigenvalue weighted by Gasteiger charge is 2.04. The molecule has 5 heteroatoms. The van der Waals surface area contributed by atoms with Gasteiger partial charge in [-0.05, 0) is 32.4 Å². The SMILES string of the molecule is COCCOCCCCNC(C)c1ccn[nH]1. The number of nitrogens with zero attached hydrogens (tertiary/aromatic N) is 1. The van der Waals surface area contributed by atoms with Gasteiger partial charge in [0.1, 0.15) is 0 Å². The lowest BCUT2D eigenvalue weighted by atomic mass is 10.2. The summed E-state index contributed by atoms with van der Waals surface area (Å²) in [5, 5.41) is 10.3. The molecule has 0 amide bonds. The maximum Gasteiger partial charge on any atom is 0.0700 e. The number of unbranched alkanes of at least 4 members (excludes halogenated alkanes) is 1. The predicted molar refractivity (Wildman–Crippen MR) is 66.9 cm³/mol. The van der Waals surface area contributed by atoms with Crippen molar-refractivity contribution in [3.63, 3.8) is 0 Å². The Morgan fingerprint density at radius 1 is 1.35 bits per heavy atom. The van der Waals surface area contributed by atoms with Gasteiger partial charge in [-0.25, -0.2) is 0 Å². The minimum absolute atomic E-state index is 0.326. The van der Waals surface area contributed by atoms with Gasteiger partial charge < -0.3 is 14.8 Å². The Morgan fingerprint density at radius 2 is 2.24 bits per heavy atom. The first kappa shape index (κ1) is 14.2. The third-order valence-corrected chi connectivity index (χ3v) is 2.59. The third kappa shape index (κ3) is 6.41. The summed E-state index contributed by atoms with van der Waals surface area (Å²) in [6, 6.07) is 2.32. The summed E-state index contributed by atoms with van der Waals surface area (Å²) in [7, 11) is 1.68. The Hall–Kier alpha value is -0.910. The molecular formula is C12H23N3O2. The summed E-state index contributed by atoms with van der Waals surface area (Å²) < 4.78 is 10.3. The van der Waals surface area contributed by atoms with E-state index >= 15 is 0 Å². The number of H-pyrrole nitrogens is 1. The number of aromatic amines is 1. The first-order valence-electron chi connectivity index (χ1n) is 6.14. The van der Waals surface area contributed by atoms with E-state index in [1.165, 1.54) is 0 Å². The molecule has 0 aliphatic carbocycles. The maximum atomic E-state index is 5.38. The van der Waals surface area contributed by atoms with Crippen molar-refractivity contribution >= 4 is 0 Å². The van der Waals surface area contributed by atoms with Crippen LogP contribution in [0.1, 0.15) is 31.5 Å². The molecule has 0 aromatic carbocycles. The van der Waals surface area contributed by atoms with Crippen LogP contribution in [0.4, 0.5) is 0 Å². The largest absolute Gasteiger partial charge is 0.382 e. The molecule has 0 bridgehead atoms. The van der Waals surface area contributed by atoms with E-state index in [2.05, 4.69) is 22.4 Å². The monoisotopic (exact) mass is 241 g/mol. The van der Waals surface area contributed by atoms with Gasteiger partial charge in [-0.1, -0.05) is 0 Å². The summed E-state index contributed by atoms with van der Waals surface area (Å²) >= 11 is 0. The van der Waals surface area contributed by atoms with Crippen LogP contribution in [-0.2, 0) is 9.47 Å². The van der Waals surface area contributed by atoms with E-state index in [4.69, 9.17) is 9.47 Å². The zero-order valence-electron chi connectivity index (χ0n) is 10.7. The van der Waals surface area contributed by atoms with Gasteiger partial charge in [-0.15, -0.1) is 0 Å². The van der Waals surface area contributed by atoms with Crippen LogP contribution in [0.2, 0.25) is 0 Å². The molecule has 1 heterocycles. The molecule has 98 valence electrons. The minimum atomic E-state index is 0.326. The fourth-order valence-electron chi connectivity index (χ4n) is 1.51. The van der Waals surface area contributed by atoms with Crippen molar-refractivity contribution in [3.8, 4) is 0 Å². The van der Waals surface area contributed by atoms with Crippen LogP contribution in [0, 0.1) is 0 Å². The lowest BCUT2D eigenvalue weighted by Crippen LogP contribution is -2.20. The van der Waals surface area contributed by atoms with Crippen molar-refractivity contribution in [1.29, 1.82) is 0 Å². The number of ether oxygens (including phenoxy) is 2. The molecule has 2 N–H and O–H groups in total. The standard InChI is InChI=1S/C12H23N3O2/c1-11(12-5-7-14-15-12)13-6-3-4-8-17-10-9-16-2/h5,7,11,13H,3-4,6,8-10H2,1-2H3,(H,14,15). The fourth-order valence-corrected chi connectivity index (χ4v) is 1.51. The van der Waals surface area contributed by atoms with Gasteiger partial charge in [-0.3, -0.25) is 5.10 Å². The highest BCUT2D eigenvalue weighted by molar-refractivity contribution is 5.02. The maximum absolute atomic E-state index is 5.38. The average molecular weight is 241 g/mol. The van der Waals surface area contributed by atoms with E-state index in [1.54, 1.807) is 13.3 Å². The van der Waals surface area contributed by atoms with Crippen LogP contribution in [0.25, 0.3) is 0 Å². The van der Waals surface area contributed by atoms with E-state index in [0.717, 1.165) is 31.7 Å². The fraction of sp³-hybridized carbons (Fsp3) is 0.750. The van der Waals surface area contributed by atoms with Crippen molar-refractivity contribution in [3.05, 3.63) is 18.0 Å². The summed E-state index contributed by atoms with van der Waals surface area (Å²) in [5.74, 6) is 0. The predicted octanol–water partition coefficient (Wildman–Crippen LogP) is 1.50. The van der Waals surface area contributed by atoms with Crippen LogP contribution < -0.4 is 5.32 Å². The number of hydrogen-bond acceptors (Lipinski definition) is 4. The number of hydrogen-bond donors (Lipinski definition) is 2. The number of methoxy groups -OCH3 is 1. The highest BCUT2D eigenvalue weighted by atomic mass is 16.5. The van der Waals surface area contributed by atoms with Crippen molar-refractivity contribution < 1.29 is 9.47 Å². The molecule has 1 unspecified atom stereocenters. The molecule has 1 aromatic heterocycles. The summed E-state index contributed by atoms with van der Waals surface area (Å²) in [5.41, 5.74) is 1.13. The zero-order valence-corrected chi connectivity index (χ0v) is 10.7. The smallest absolute Gasteiger partial charge is 0.0700 e. The van der Waals surface area contributed by atoms with E-state index in [1.807, 2.05) is 6.07 Å². The first-order valence-corrected chi connectivity index (χ1v) is 6.14. The third-order valence-electron chi connectivity index (χ3n) is 2.59. The summed E-state index contributed by atoms with van der Waals surface area (Å²) in [6.45, 7) is 5.30. The Kier molecular flexibility index (Phi) is 7.62. The molecular weight excluding hydrogens is 218 g/mol. The molecule has 1 rings (SSSR count). The van der Waals surface area contributed by atoms with E-state index < -0.39 is 0 Å². The van der Waals surface area contributed by atoms with Gasteiger partial charge in [0.15, 0.2) is 0 Å². The second-order valence-electron chi connectivity index (χ2n) is 4.00. The molecule has 1 atom stereocenters. The molecule has 0 saturated carbocycles. The van der Waals surface area contributed by atoms with Crippen molar-refractivity contribution in [1.82, 2.24) is 15.5 Å². The normalized spacial score (nSPS) is 12.8. The Morgan fingerprint density at radius 3 is 2.94 bits per heavy atom. The van der Waals surface area contributed by atoms with Crippen molar-refractivity contribution in [2.45, 2.75) is 25.8 Å². The lowest BCUT2D eigenvalue weighted by Gasteiger charge is -2.11. The van der Waals surface area contributed by atoms with Crippen LogP contribution in [0.5, 0.6) is 0 Å². The number of nitrogens with one attached hydrogen (secondary N) is 2. The lowest BCUT2D eigenvalue weighted by molar-refractivity contribution is 0.0687. The van der Waals surface area contributed by atoms with Gasteiger partial charge >= 0.3 is 0 Å². The van der Waals surface area contributed by atoms with Gasteiger partial charge in [0.2, 0.25) is 0 Å². The Bertz CT molecular complexity index is 265. The quantitative estimate of drug-likeness (QED) is 0.610. The van der Waals surface area contributed by atoms with Gasteiger partial charge in [-0.2, -0.15) is 5.10 Å². The van der Waals surface area contributed by atoms with Gasteiger partial charge in [0.05, 0.1) is 18.9 Å². The average Bonchev–Trinajstić information content (AvgIpc) is 2.86. The topological polar surface area (TPSA) is 59.2 Å². The zero-order chi connectivity index (χ0) is 12.3. The van der Waals surface area contributed by atoms with Crippen molar-refractivity contribution in [2.75, 3.05) is 33.5 Å². The molecule has 0 spiro atoms. The van der Waals surface area contributed by atoms with Gasteiger partial charge in [0.25, 0.3) is 0 Å². The molecule has 0 fully saturated rings. The molecule has 0 aliphatic heterocycles. The van der Waals surface area contributed by atoms with Crippen LogP contribution in [0.3, 0.4) is 0 Å². The van der Waals surface area contributed by atoms with E-state index in [0.29, 0.717) is 19.3 Å². The first-order chi connectivity index (χ1) is 8.34. The second-order valence-corrected chi connectivity index (χ2v) is 4.00. The highest BCUT2D eigenvalue weighted by Crippen LogP contribution is 2.06.